The van der Waals surface area contributed by atoms with Gasteiger partial charge < -0.3 is 4.98 Å². The maximum atomic E-state index is 12.5. The number of aromatic amines is 1. The molecule has 8 heteroatoms. The van der Waals surface area contributed by atoms with Crippen LogP contribution in [0.3, 0.4) is 0 Å². The van der Waals surface area contributed by atoms with Gasteiger partial charge in [0.05, 0.1) is 9.82 Å². The molecule has 3 aromatic rings. The van der Waals surface area contributed by atoms with E-state index in [1.807, 2.05) is 0 Å². The third kappa shape index (κ3) is 3.86. The van der Waals surface area contributed by atoms with Crippen LogP contribution in [0.25, 0.3) is 0 Å². The van der Waals surface area contributed by atoms with Gasteiger partial charge in [0.15, 0.2) is 10.9 Å². The van der Waals surface area contributed by atoms with Crippen LogP contribution in [0.1, 0.15) is 21.6 Å². The second-order valence-corrected chi connectivity index (χ2v) is 6.46. The molecule has 0 saturated heterocycles. The summed E-state index contributed by atoms with van der Waals surface area (Å²) < 4.78 is 0. The Kier molecular flexibility index (Phi) is 4.94. The first-order chi connectivity index (χ1) is 12.4. The summed E-state index contributed by atoms with van der Waals surface area (Å²) in [6.07, 6.45) is 0. The van der Waals surface area contributed by atoms with Crippen LogP contribution in [0.15, 0.2) is 69.4 Å². The third-order valence-electron chi connectivity index (χ3n) is 3.51. The van der Waals surface area contributed by atoms with Crippen molar-refractivity contribution in [1.29, 1.82) is 0 Å². The number of aryl methyl sites for hydroxylation is 1. The minimum Gasteiger partial charge on any atom is -0.301 e. The smallest absolute Gasteiger partial charge is 0.284 e. The molecule has 0 unspecified atom stereocenters. The number of hydrogen-bond donors (Lipinski definition) is 1. The molecular formula is C18H13N3O4S. The fourth-order valence-electron chi connectivity index (χ4n) is 2.35. The molecule has 0 atom stereocenters. The van der Waals surface area contributed by atoms with Crippen LogP contribution in [-0.4, -0.2) is 20.7 Å². The van der Waals surface area contributed by atoms with E-state index >= 15 is 0 Å². The largest absolute Gasteiger partial charge is 0.301 e. The van der Waals surface area contributed by atoms with Crippen LogP contribution in [0, 0.1) is 17.0 Å². The summed E-state index contributed by atoms with van der Waals surface area (Å²) in [5.74, 6) is -0.299. The zero-order valence-electron chi connectivity index (χ0n) is 13.6. The zero-order chi connectivity index (χ0) is 18.7. The molecule has 1 aromatic heterocycles. The lowest BCUT2D eigenvalue weighted by Gasteiger charge is -2.06. The molecule has 0 spiro atoms. The van der Waals surface area contributed by atoms with Gasteiger partial charge in [0.25, 0.3) is 11.2 Å². The van der Waals surface area contributed by atoms with Crippen LogP contribution in [0.4, 0.5) is 5.69 Å². The molecule has 0 radical (unpaired) electrons. The monoisotopic (exact) mass is 367 g/mol. The number of H-pyrrole nitrogens is 1. The third-order valence-corrected chi connectivity index (χ3v) is 4.46. The van der Waals surface area contributed by atoms with Gasteiger partial charge in [-0.3, -0.25) is 19.7 Å². The molecule has 130 valence electrons. The highest BCUT2D eigenvalue weighted by atomic mass is 32.2. The fraction of sp³-hybridized carbons (Fsp3) is 0.0556. The van der Waals surface area contributed by atoms with Crippen molar-refractivity contribution in [3.8, 4) is 0 Å². The van der Waals surface area contributed by atoms with Crippen LogP contribution in [0.2, 0.25) is 0 Å². The Morgan fingerprint density at radius 2 is 1.85 bits per heavy atom. The zero-order valence-corrected chi connectivity index (χ0v) is 14.4. The van der Waals surface area contributed by atoms with Crippen molar-refractivity contribution in [3.05, 3.63) is 91.9 Å². The number of aromatic nitrogens is 2. The number of rotatable bonds is 5. The molecule has 0 bridgehead atoms. The summed E-state index contributed by atoms with van der Waals surface area (Å²) in [6.45, 7) is 1.66. The highest BCUT2D eigenvalue weighted by molar-refractivity contribution is 7.99. The van der Waals surface area contributed by atoms with Gasteiger partial charge in [-0.05, 0) is 30.8 Å². The number of nitrogens with one attached hydrogen (secondary N) is 1. The van der Waals surface area contributed by atoms with Gasteiger partial charge in [-0.1, -0.05) is 30.3 Å². The van der Waals surface area contributed by atoms with Crippen molar-refractivity contribution in [2.75, 3.05) is 0 Å². The van der Waals surface area contributed by atoms with Gasteiger partial charge in [-0.2, -0.15) is 0 Å². The molecule has 1 N–H and O–H groups in total. The second kappa shape index (κ2) is 7.32. The van der Waals surface area contributed by atoms with E-state index in [4.69, 9.17) is 0 Å². The Morgan fingerprint density at radius 3 is 2.50 bits per heavy atom. The summed E-state index contributed by atoms with van der Waals surface area (Å²) in [5.41, 5.74) is 0.624. The van der Waals surface area contributed by atoms with E-state index in [9.17, 15) is 19.7 Å². The number of benzene rings is 2. The average Bonchev–Trinajstić information content (AvgIpc) is 2.61. The maximum absolute atomic E-state index is 12.5. The van der Waals surface area contributed by atoms with Crippen LogP contribution in [0.5, 0.6) is 0 Å². The van der Waals surface area contributed by atoms with Crippen molar-refractivity contribution < 1.29 is 9.72 Å². The number of ketones is 1. The summed E-state index contributed by atoms with van der Waals surface area (Å²) in [6, 6.07) is 14.1. The van der Waals surface area contributed by atoms with Gasteiger partial charge in [-0.15, -0.1) is 0 Å². The molecule has 0 aliphatic carbocycles. The van der Waals surface area contributed by atoms with Crippen LogP contribution in [-0.2, 0) is 0 Å². The number of nitro groups is 1. The first kappa shape index (κ1) is 17.6. The Balaban J connectivity index is 1.98. The van der Waals surface area contributed by atoms with E-state index < -0.39 is 4.92 Å². The normalized spacial score (nSPS) is 10.5. The minimum absolute atomic E-state index is 0.220. The van der Waals surface area contributed by atoms with Crippen molar-refractivity contribution in [3.63, 3.8) is 0 Å². The SMILES string of the molecule is Cc1cc(=O)[nH]c(Sc2ccc(C(=O)c3ccccc3)cc2[N+](=O)[O-])n1. The minimum atomic E-state index is -0.558. The lowest BCUT2D eigenvalue weighted by molar-refractivity contribution is -0.387. The highest BCUT2D eigenvalue weighted by Gasteiger charge is 2.20. The molecule has 7 nitrogen and oxygen atoms in total. The Hall–Kier alpha value is -3.26. The molecule has 1 heterocycles. The van der Waals surface area contributed by atoms with Crippen molar-refractivity contribution in [2.24, 2.45) is 0 Å². The molecule has 0 aliphatic rings. The molecule has 0 aliphatic heterocycles. The first-order valence-electron chi connectivity index (χ1n) is 7.58. The molecule has 0 saturated carbocycles. The van der Waals surface area contributed by atoms with Gasteiger partial charge in [0.2, 0.25) is 0 Å². The Labute approximate surface area is 152 Å². The fourth-order valence-corrected chi connectivity index (χ4v) is 3.27. The van der Waals surface area contributed by atoms with E-state index in [1.54, 1.807) is 37.3 Å². The van der Waals surface area contributed by atoms with E-state index in [2.05, 4.69) is 9.97 Å². The molecular weight excluding hydrogens is 354 g/mol. The van der Waals surface area contributed by atoms with E-state index in [-0.39, 0.29) is 32.6 Å². The number of hydrogen-bond acceptors (Lipinski definition) is 6. The van der Waals surface area contributed by atoms with Crippen molar-refractivity contribution in [1.82, 2.24) is 9.97 Å². The quantitative estimate of drug-likeness (QED) is 0.321. The standard InChI is InChI=1S/C18H13N3O4S/c1-11-9-16(22)20-18(19-11)26-15-8-7-13(10-14(15)21(24)25)17(23)12-5-3-2-4-6-12/h2-10H,1H3,(H,19,20,22). The summed E-state index contributed by atoms with van der Waals surface area (Å²) in [4.78, 5) is 41.9. The number of nitrogens with zero attached hydrogens (tertiary/aromatic N) is 2. The van der Waals surface area contributed by atoms with Gasteiger partial charge in [0.1, 0.15) is 0 Å². The van der Waals surface area contributed by atoms with E-state index in [0.717, 1.165) is 11.8 Å². The predicted octanol–water partition coefficient (Wildman–Crippen LogP) is 3.37. The first-order valence-corrected chi connectivity index (χ1v) is 8.40. The second-order valence-electron chi connectivity index (χ2n) is 5.43. The van der Waals surface area contributed by atoms with Gasteiger partial charge in [0, 0.05) is 29.0 Å². The van der Waals surface area contributed by atoms with Crippen molar-refractivity contribution >= 4 is 23.2 Å². The van der Waals surface area contributed by atoms with Crippen LogP contribution < -0.4 is 5.56 Å². The Morgan fingerprint density at radius 1 is 1.12 bits per heavy atom. The lowest BCUT2D eigenvalue weighted by Crippen LogP contribution is -2.08. The van der Waals surface area contributed by atoms with Gasteiger partial charge in [-0.25, -0.2) is 4.98 Å². The van der Waals surface area contributed by atoms with Crippen molar-refractivity contribution in [2.45, 2.75) is 17.0 Å². The lowest BCUT2D eigenvalue weighted by atomic mass is 10.0. The predicted molar refractivity (Wildman–Crippen MR) is 96.7 cm³/mol. The molecule has 0 fully saturated rings. The summed E-state index contributed by atoms with van der Waals surface area (Å²) in [5, 5.41) is 11.7. The highest BCUT2D eigenvalue weighted by Crippen LogP contribution is 2.33. The van der Waals surface area contributed by atoms with E-state index in [0.29, 0.717) is 11.3 Å². The molecule has 3 rings (SSSR count). The van der Waals surface area contributed by atoms with E-state index in [1.165, 1.54) is 24.3 Å². The average molecular weight is 367 g/mol. The topological polar surface area (TPSA) is 106 Å². The summed E-state index contributed by atoms with van der Waals surface area (Å²) in [7, 11) is 0. The molecule has 2 aromatic carbocycles. The number of carbonyl (C=O) groups excluding carboxylic acids is 1. The van der Waals surface area contributed by atoms with Crippen LogP contribution >= 0.6 is 11.8 Å². The molecule has 0 amide bonds. The number of carbonyl (C=O) groups is 1. The number of nitro benzene ring substituents is 1. The van der Waals surface area contributed by atoms with Gasteiger partial charge >= 0.3 is 0 Å². The molecule has 26 heavy (non-hydrogen) atoms. The Bertz CT molecular complexity index is 1050. The maximum Gasteiger partial charge on any atom is 0.284 e. The summed E-state index contributed by atoms with van der Waals surface area (Å²) >= 11 is 0.967.